The quantitative estimate of drug-likeness (QED) is 0.145. The van der Waals surface area contributed by atoms with Crippen molar-refractivity contribution in [2.75, 3.05) is 0 Å². The van der Waals surface area contributed by atoms with Gasteiger partial charge in [0, 0.05) is 32.5 Å². The van der Waals surface area contributed by atoms with E-state index in [9.17, 15) is 5.26 Å². The van der Waals surface area contributed by atoms with Gasteiger partial charge in [0.25, 0.3) is 0 Å². The van der Waals surface area contributed by atoms with Gasteiger partial charge in [-0.2, -0.15) is 5.26 Å². The standard InChI is InChI=1S/C46H26N2O/c47-27-28-18-20-29(21-19-28)42-33-13-4-6-15-35(33)43(36-16-7-5-14-34(36)42)31-22-23-38-40(26-31)48-45(30-10-2-1-3-11-30)39-25-24-37-32-12-8-9-17-41(32)49-46(37)44(38)39/h1-26H. The molecular formula is C46H26N2O. The lowest BCUT2D eigenvalue weighted by Gasteiger charge is -2.18. The molecule has 0 aliphatic carbocycles. The maximum Gasteiger partial charge on any atom is 0.144 e. The lowest BCUT2D eigenvalue weighted by Crippen LogP contribution is -1.93. The van der Waals surface area contributed by atoms with E-state index in [-0.39, 0.29) is 0 Å². The van der Waals surface area contributed by atoms with Crippen molar-refractivity contribution in [3.8, 4) is 39.6 Å². The molecule has 8 aromatic carbocycles. The maximum absolute atomic E-state index is 9.45. The first-order valence-electron chi connectivity index (χ1n) is 16.4. The molecule has 0 aliphatic rings. The van der Waals surface area contributed by atoms with E-state index in [0.717, 1.165) is 66.0 Å². The second-order valence-electron chi connectivity index (χ2n) is 12.6. The van der Waals surface area contributed by atoms with Crippen molar-refractivity contribution in [1.82, 2.24) is 4.98 Å². The smallest absolute Gasteiger partial charge is 0.144 e. The minimum absolute atomic E-state index is 0.653. The normalized spacial score (nSPS) is 11.7. The molecule has 0 aliphatic heterocycles. The van der Waals surface area contributed by atoms with E-state index in [1.165, 1.54) is 32.7 Å². The lowest BCUT2D eigenvalue weighted by molar-refractivity contribution is 0.673. The number of aromatic nitrogens is 1. The van der Waals surface area contributed by atoms with Gasteiger partial charge in [-0.3, -0.25) is 0 Å². The zero-order valence-electron chi connectivity index (χ0n) is 26.3. The minimum Gasteiger partial charge on any atom is -0.455 e. The first-order valence-corrected chi connectivity index (χ1v) is 16.4. The van der Waals surface area contributed by atoms with Gasteiger partial charge in [0.05, 0.1) is 22.8 Å². The Hall–Kier alpha value is -6.76. The Morgan fingerprint density at radius 1 is 0.449 bits per heavy atom. The molecule has 0 amide bonds. The highest BCUT2D eigenvalue weighted by atomic mass is 16.3. The second kappa shape index (κ2) is 10.6. The van der Waals surface area contributed by atoms with Crippen LogP contribution in [0.4, 0.5) is 0 Å². The highest BCUT2D eigenvalue weighted by Crippen LogP contribution is 2.46. The molecule has 10 rings (SSSR count). The number of benzene rings is 8. The van der Waals surface area contributed by atoms with Crippen LogP contribution in [-0.2, 0) is 0 Å². The summed E-state index contributed by atoms with van der Waals surface area (Å²) >= 11 is 0. The van der Waals surface area contributed by atoms with Gasteiger partial charge in [0.1, 0.15) is 11.2 Å². The average molecular weight is 623 g/mol. The molecular weight excluding hydrogens is 597 g/mol. The van der Waals surface area contributed by atoms with Crippen molar-refractivity contribution in [2.45, 2.75) is 0 Å². The molecule has 0 N–H and O–H groups in total. The van der Waals surface area contributed by atoms with E-state index in [4.69, 9.17) is 9.40 Å². The number of hydrogen-bond donors (Lipinski definition) is 0. The Kier molecular flexibility index (Phi) is 5.94. The van der Waals surface area contributed by atoms with E-state index in [0.29, 0.717) is 5.56 Å². The third-order valence-electron chi connectivity index (χ3n) is 9.87. The number of furan rings is 1. The zero-order chi connectivity index (χ0) is 32.5. The topological polar surface area (TPSA) is 49.8 Å². The Morgan fingerprint density at radius 3 is 1.67 bits per heavy atom. The third kappa shape index (κ3) is 4.11. The van der Waals surface area contributed by atoms with Crippen LogP contribution in [0.3, 0.4) is 0 Å². The molecule has 3 heteroatoms. The Labute approximate surface area is 281 Å². The summed E-state index contributed by atoms with van der Waals surface area (Å²) in [7, 11) is 0. The molecule has 10 aromatic rings. The summed E-state index contributed by atoms with van der Waals surface area (Å²) in [5.41, 5.74) is 9.89. The molecule has 0 bridgehead atoms. The van der Waals surface area contributed by atoms with Gasteiger partial charge in [-0.05, 0) is 74.1 Å². The van der Waals surface area contributed by atoms with Gasteiger partial charge >= 0.3 is 0 Å². The summed E-state index contributed by atoms with van der Waals surface area (Å²) in [6.07, 6.45) is 0. The van der Waals surface area contributed by atoms with Gasteiger partial charge in [-0.15, -0.1) is 0 Å². The van der Waals surface area contributed by atoms with Crippen molar-refractivity contribution in [1.29, 1.82) is 5.26 Å². The number of nitriles is 1. The van der Waals surface area contributed by atoms with Crippen molar-refractivity contribution in [3.05, 3.63) is 163 Å². The number of hydrogen-bond acceptors (Lipinski definition) is 3. The molecule has 0 saturated heterocycles. The lowest BCUT2D eigenvalue weighted by atomic mass is 9.85. The Morgan fingerprint density at radius 2 is 1.00 bits per heavy atom. The van der Waals surface area contributed by atoms with Gasteiger partial charge in [-0.25, -0.2) is 4.98 Å². The molecule has 0 saturated carbocycles. The number of rotatable bonds is 3. The molecule has 0 spiro atoms. The van der Waals surface area contributed by atoms with Crippen LogP contribution in [0, 0.1) is 11.3 Å². The van der Waals surface area contributed by atoms with E-state index in [2.05, 4.69) is 133 Å². The summed E-state index contributed by atoms with van der Waals surface area (Å²) in [5.74, 6) is 0. The van der Waals surface area contributed by atoms with Crippen LogP contribution in [0.15, 0.2) is 162 Å². The van der Waals surface area contributed by atoms with Crippen molar-refractivity contribution >= 4 is 65.2 Å². The first kappa shape index (κ1) is 27.4. The van der Waals surface area contributed by atoms with E-state index in [1.807, 2.05) is 30.3 Å². The molecule has 226 valence electrons. The molecule has 49 heavy (non-hydrogen) atoms. The predicted octanol–water partition coefficient (Wildman–Crippen LogP) is 12.5. The Balaban J connectivity index is 1.31. The molecule has 0 radical (unpaired) electrons. The molecule has 0 unspecified atom stereocenters. The fraction of sp³-hybridized carbons (Fsp3) is 0. The average Bonchev–Trinajstić information content (AvgIpc) is 3.56. The third-order valence-corrected chi connectivity index (χ3v) is 9.87. The zero-order valence-corrected chi connectivity index (χ0v) is 26.3. The highest BCUT2D eigenvalue weighted by molar-refractivity contribution is 6.26. The summed E-state index contributed by atoms with van der Waals surface area (Å²) in [4.78, 5) is 5.39. The van der Waals surface area contributed by atoms with Gasteiger partial charge < -0.3 is 4.42 Å². The van der Waals surface area contributed by atoms with E-state index >= 15 is 0 Å². The summed E-state index contributed by atoms with van der Waals surface area (Å²) < 4.78 is 6.62. The number of nitrogens with zero attached hydrogens (tertiary/aromatic N) is 2. The van der Waals surface area contributed by atoms with Crippen molar-refractivity contribution in [2.24, 2.45) is 0 Å². The summed E-state index contributed by atoms with van der Waals surface area (Å²) in [6.45, 7) is 0. The molecule has 2 aromatic heterocycles. The SMILES string of the molecule is N#Cc1ccc(-c2c3ccccc3c(-c3ccc4c(c3)nc(-c3ccccc3)c3ccc5c6ccccc6oc5c34)c3ccccc23)cc1. The Bertz CT molecular complexity index is 2930. The van der Waals surface area contributed by atoms with Gasteiger partial charge in [-0.1, -0.05) is 127 Å². The minimum atomic E-state index is 0.653. The molecule has 2 heterocycles. The first-order chi connectivity index (χ1) is 24.3. The fourth-order valence-corrected chi connectivity index (χ4v) is 7.70. The maximum atomic E-state index is 9.45. The fourth-order valence-electron chi connectivity index (χ4n) is 7.70. The second-order valence-corrected chi connectivity index (χ2v) is 12.6. The van der Waals surface area contributed by atoms with Gasteiger partial charge in [0.2, 0.25) is 0 Å². The van der Waals surface area contributed by atoms with Crippen LogP contribution in [0.25, 0.3) is 98.7 Å². The largest absolute Gasteiger partial charge is 0.455 e. The number of para-hydroxylation sites is 1. The molecule has 3 nitrogen and oxygen atoms in total. The molecule has 0 fully saturated rings. The predicted molar refractivity (Wildman–Crippen MR) is 203 cm³/mol. The van der Waals surface area contributed by atoms with Crippen LogP contribution in [0.2, 0.25) is 0 Å². The summed E-state index contributed by atoms with van der Waals surface area (Å²) in [5, 5.41) is 19.6. The highest BCUT2D eigenvalue weighted by Gasteiger charge is 2.20. The number of fused-ring (bicyclic) bond motifs is 9. The van der Waals surface area contributed by atoms with Crippen LogP contribution in [0.5, 0.6) is 0 Å². The van der Waals surface area contributed by atoms with Crippen molar-refractivity contribution < 1.29 is 4.42 Å². The van der Waals surface area contributed by atoms with Crippen molar-refractivity contribution in [3.63, 3.8) is 0 Å². The monoisotopic (exact) mass is 622 g/mol. The van der Waals surface area contributed by atoms with Crippen LogP contribution < -0.4 is 0 Å². The summed E-state index contributed by atoms with van der Waals surface area (Å²) in [6, 6.07) is 57.2. The molecule has 0 atom stereocenters. The van der Waals surface area contributed by atoms with Gasteiger partial charge in [0.15, 0.2) is 0 Å². The van der Waals surface area contributed by atoms with Crippen LogP contribution >= 0.6 is 0 Å². The van der Waals surface area contributed by atoms with Crippen LogP contribution in [-0.4, -0.2) is 4.98 Å². The number of pyridine rings is 1. The van der Waals surface area contributed by atoms with Crippen LogP contribution in [0.1, 0.15) is 5.56 Å². The van der Waals surface area contributed by atoms with E-state index in [1.54, 1.807) is 0 Å². The van der Waals surface area contributed by atoms with E-state index < -0.39 is 0 Å².